The molecule has 0 amide bonds. The lowest BCUT2D eigenvalue weighted by molar-refractivity contribution is -0.137. The third-order valence-electron chi connectivity index (χ3n) is 2.41. The minimum Gasteiger partial charge on any atom is -0.466 e. The van der Waals surface area contributed by atoms with Crippen molar-refractivity contribution in [3.8, 4) is 11.5 Å². The first-order valence-electron chi connectivity index (χ1n) is 6.27. The average Bonchev–Trinajstić information content (AvgIpc) is 2.63. The largest absolute Gasteiger partial charge is 0.466 e. The molecule has 0 unspecified atom stereocenters. The Labute approximate surface area is 116 Å². The number of rotatable bonds is 2. The van der Waals surface area contributed by atoms with Crippen molar-refractivity contribution in [1.29, 1.82) is 0 Å². The first-order chi connectivity index (χ1) is 8.63. The van der Waals surface area contributed by atoms with E-state index in [2.05, 4.69) is 35.8 Å². The van der Waals surface area contributed by atoms with E-state index in [0.29, 0.717) is 12.2 Å². The second-order valence-corrected chi connectivity index (χ2v) is 10.7. The minimum absolute atomic E-state index is 0.307. The second-order valence-electron chi connectivity index (χ2n) is 5.94. The van der Waals surface area contributed by atoms with E-state index in [9.17, 15) is 4.79 Å². The Kier molecular flexibility index (Phi) is 4.96. The molecule has 1 fully saturated rings. The lowest BCUT2D eigenvalue weighted by atomic mass is 10.1. The van der Waals surface area contributed by atoms with Crippen LogP contribution in [0.4, 0.5) is 0 Å². The molecule has 0 aromatic heterocycles. The molecule has 0 aromatic rings. The molecule has 4 nitrogen and oxygen atoms in total. The highest BCUT2D eigenvalue weighted by Crippen LogP contribution is 2.26. The highest BCUT2D eigenvalue weighted by Gasteiger charge is 2.34. The summed E-state index contributed by atoms with van der Waals surface area (Å²) in [5.74, 6) is 2.01. The van der Waals surface area contributed by atoms with Gasteiger partial charge < -0.3 is 14.2 Å². The van der Waals surface area contributed by atoms with Crippen molar-refractivity contribution < 1.29 is 19.0 Å². The van der Waals surface area contributed by atoms with Crippen LogP contribution in [0.5, 0.6) is 0 Å². The van der Waals surface area contributed by atoms with E-state index in [4.69, 9.17) is 9.47 Å². The quantitative estimate of drug-likeness (QED) is 0.337. The van der Waals surface area contributed by atoms with Crippen LogP contribution in [0.1, 0.15) is 13.8 Å². The molecule has 1 heterocycles. The molecular formula is C14H22O4Si. The molecule has 1 rings (SSSR count). The third kappa shape index (κ3) is 5.60. The molecule has 0 N–H and O–H groups in total. The van der Waals surface area contributed by atoms with Gasteiger partial charge in [0.2, 0.25) is 0 Å². The van der Waals surface area contributed by atoms with Gasteiger partial charge in [-0.1, -0.05) is 25.6 Å². The Balaban J connectivity index is 2.97. The van der Waals surface area contributed by atoms with Crippen LogP contribution in [-0.4, -0.2) is 39.7 Å². The Morgan fingerprint density at radius 2 is 2.05 bits per heavy atom. The zero-order chi connectivity index (χ0) is 14.7. The van der Waals surface area contributed by atoms with Crippen molar-refractivity contribution in [1.82, 2.24) is 0 Å². The molecule has 0 spiro atoms. The first-order valence-corrected chi connectivity index (χ1v) is 9.77. The molecule has 0 aromatic carbocycles. The molecule has 0 saturated carbocycles. The summed E-state index contributed by atoms with van der Waals surface area (Å²) in [6.07, 6.45) is 1.08. The predicted octanol–water partition coefficient (Wildman–Crippen LogP) is 2.12. The molecule has 1 saturated heterocycles. The summed E-state index contributed by atoms with van der Waals surface area (Å²) in [6, 6.07) is 0. The van der Waals surface area contributed by atoms with Crippen molar-refractivity contribution in [2.45, 2.75) is 45.4 Å². The SMILES string of the molecule is COC(=O)/C=C(\C#C[Si](C)(C)C)[C@H]1COC(C)(C)O1. The molecule has 1 aliphatic heterocycles. The van der Waals surface area contributed by atoms with Crippen molar-refractivity contribution in [3.05, 3.63) is 11.6 Å². The van der Waals surface area contributed by atoms with Gasteiger partial charge in [0.25, 0.3) is 0 Å². The Morgan fingerprint density at radius 3 is 2.47 bits per heavy atom. The van der Waals surface area contributed by atoms with Crippen LogP contribution >= 0.6 is 0 Å². The summed E-state index contributed by atoms with van der Waals surface area (Å²) in [5.41, 5.74) is 3.86. The summed E-state index contributed by atoms with van der Waals surface area (Å²) in [6.45, 7) is 10.5. The Hall–Kier alpha value is -1.09. The van der Waals surface area contributed by atoms with Crippen LogP contribution in [0.25, 0.3) is 0 Å². The van der Waals surface area contributed by atoms with Crippen molar-refractivity contribution in [2.24, 2.45) is 0 Å². The van der Waals surface area contributed by atoms with Gasteiger partial charge >= 0.3 is 5.97 Å². The van der Waals surface area contributed by atoms with Gasteiger partial charge in [0, 0.05) is 11.6 Å². The lowest BCUT2D eigenvalue weighted by Crippen LogP contribution is -2.23. The third-order valence-corrected chi connectivity index (χ3v) is 3.29. The molecule has 106 valence electrons. The van der Waals surface area contributed by atoms with Gasteiger partial charge in [0.15, 0.2) is 5.79 Å². The molecule has 1 atom stereocenters. The van der Waals surface area contributed by atoms with Crippen LogP contribution in [0.3, 0.4) is 0 Å². The minimum atomic E-state index is -1.52. The zero-order valence-electron chi connectivity index (χ0n) is 12.5. The van der Waals surface area contributed by atoms with Crippen LogP contribution < -0.4 is 0 Å². The van der Waals surface area contributed by atoms with Gasteiger partial charge in [0.1, 0.15) is 14.2 Å². The standard InChI is InChI=1S/C14H22O4Si/c1-14(2)17-10-12(18-14)11(9-13(15)16-3)7-8-19(4,5)6/h9,12H,10H2,1-6H3/b11-9+/t12-/m1/s1. The summed E-state index contributed by atoms with van der Waals surface area (Å²) in [7, 11) is -0.173. The average molecular weight is 282 g/mol. The zero-order valence-corrected chi connectivity index (χ0v) is 13.5. The van der Waals surface area contributed by atoms with Gasteiger partial charge in [-0.25, -0.2) is 4.79 Å². The molecule has 0 aliphatic carbocycles. The van der Waals surface area contributed by atoms with Crippen molar-refractivity contribution in [3.63, 3.8) is 0 Å². The Bertz CT molecular complexity index is 435. The van der Waals surface area contributed by atoms with E-state index >= 15 is 0 Å². The van der Waals surface area contributed by atoms with Crippen LogP contribution in [0.15, 0.2) is 11.6 Å². The maximum Gasteiger partial charge on any atom is 0.331 e. The molecular weight excluding hydrogens is 260 g/mol. The van der Waals surface area contributed by atoms with E-state index in [1.165, 1.54) is 13.2 Å². The van der Waals surface area contributed by atoms with Gasteiger partial charge in [-0.2, -0.15) is 0 Å². The van der Waals surface area contributed by atoms with Crippen molar-refractivity contribution in [2.75, 3.05) is 13.7 Å². The van der Waals surface area contributed by atoms with Crippen LogP contribution in [0, 0.1) is 11.5 Å². The maximum atomic E-state index is 11.4. The summed E-state index contributed by atoms with van der Waals surface area (Å²) in [5, 5.41) is 0. The number of hydrogen-bond donors (Lipinski definition) is 0. The fourth-order valence-electron chi connectivity index (χ4n) is 1.50. The Morgan fingerprint density at radius 1 is 1.42 bits per heavy atom. The fraction of sp³-hybridized carbons (Fsp3) is 0.643. The van der Waals surface area contributed by atoms with Gasteiger partial charge in [-0.3, -0.25) is 0 Å². The first kappa shape index (κ1) is 16.0. The molecule has 1 aliphatic rings. The van der Waals surface area contributed by atoms with Crippen LogP contribution in [0.2, 0.25) is 19.6 Å². The van der Waals surface area contributed by atoms with E-state index < -0.39 is 19.8 Å². The van der Waals surface area contributed by atoms with Gasteiger partial charge in [0.05, 0.1) is 13.7 Å². The molecule has 0 bridgehead atoms. The lowest BCUT2D eigenvalue weighted by Gasteiger charge is -2.17. The molecule has 5 heteroatoms. The fourth-order valence-corrected chi connectivity index (χ4v) is 2.01. The number of hydrogen-bond acceptors (Lipinski definition) is 4. The molecule has 0 radical (unpaired) electrons. The maximum absolute atomic E-state index is 11.4. The smallest absolute Gasteiger partial charge is 0.331 e. The number of carbonyl (C=O) groups is 1. The summed E-state index contributed by atoms with van der Waals surface area (Å²) < 4.78 is 15.9. The number of ether oxygens (including phenoxy) is 3. The normalized spacial score (nSPS) is 22.6. The van der Waals surface area contributed by atoms with Gasteiger partial charge in [-0.05, 0) is 13.8 Å². The monoisotopic (exact) mass is 282 g/mol. The summed E-state index contributed by atoms with van der Waals surface area (Å²) >= 11 is 0. The number of carbonyl (C=O) groups excluding carboxylic acids is 1. The predicted molar refractivity (Wildman–Crippen MR) is 76.1 cm³/mol. The van der Waals surface area contributed by atoms with E-state index in [1.807, 2.05) is 13.8 Å². The second kappa shape index (κ2) is 5.91. The highest BCUT2D eigenvalue weighted by atomic mass is 28.3. The van der Waals surface area contributed by atoms with Crippen molar-refractivity contribution >= 4 is 14.0 Å². The number of esters is 1. The highest BCUT2D eigenvalue weighted by molar-refractivity contribution is 6.83. The summed E-state index contributed by atoms with van der Waals surface area (Å²) in [4.78, 5) is 11.4. The van der Waals surface area contributed by atoms with E-state index in [-0.39, 0.29) is 6.10 Å². The topological polar surface area (TPSA) is 44.8 Å². The number of methoxy groups -OCH3 is 1. The van der Waals surface area contributed by atoms with Gasteiger partial charge in [-0.15, -0.1) is 5.54 Å². The molecule has 19 heavy (non-hydrogen) atoms. The van der Waals surface area contributed by atoms with E-state index in [0.717, 1.165) is 0 Å². The van der Waals surface area contributed by atoms with E-state index in [1.54, 1.807) is 0 Å². The van der Waals surface area contributed by atoms with Crippen LogP contribution in [-0.2, 0) is 19.0 Å².